The van der Waals surface area contributed by atoms with E-state index in [1.165, 1.54) is 0 Å². The fourth-order valence-corrected chi connectivity index (χ4v) is 5.38. The monoisotopic (exact) mass is 475 g/mol. The molecule has 0 bridgehead atoms. The van der Waals surface area contributed by atoms with Crippen LogP contribution in [-0.2, 0) is 26.2 Å². The van der Waals surface area contributed by atoms with E-state index in [9.17, 15) is 13.2 Å². The Morgan fingerprint density at radius 1 is 1.18 bits per heavy atom. The van der Waals surface area contributed by atoms with Crippen LogP contribution in [0.15, 0.2) is 48.5 Å². The van der Waals surface area contributed by atoms with E-state index in [4.69, 9.17) is 14.2 Å². The number of carbonyl (C=O) groups excluding carboxylic acids is 1. The molecule has 2 aromatic rings. The fourth-order valence-electron chi connectivity index (χ4n) is 3.98. The van der Waals surface area contributed by atoms with E-state index in [1.807, 2.05) is 62.4 Å². The van der Waals surface area contributed by atoms with Gasteiger partial charge in [-0.05, 0) is 57.4 Å². The number of carbonyl (C=O) groups is 1. The minimum absolute atomic E-state index is 0.0612. The third kappa shape index (κ3) is 7.75. The van der Waals surface area contributed by atoms with E-state index >= 15 is 0 Å². The molecule has 1 N–H and O–H groups in total. The Labute approximate surface area is 196 Å². The van der Waals surface area contributed by atoms with Crippen molar-refractivity contribution < 1.29 is 27.4 Å². The number of ether oxygens (including phenoxy) is 3. The minimum Gasteiger partial charge on any atom is -0.489 e. The van der Waals surface area contributed by atoms with Crippen LogP contribution in [0.5, 0.6) is 11.5 Å². The highest BCUT2D eigenvalue weighted by Crippen LogP contribution is 2.43. The topological polar surface area (TPSA) is 90.9 Å². The Balaban J connectivity index is 1.67. The largest absolute Gasteiger partial charge is 0.489 e. The minimum atomic E-state index is -3.55. The number of nitrogens with one attached hydrogen (secondary N) is 1. The van der Waals surface area contributed by atoms with Gasteiger partial charge in [-0.2, -0.15) is 0 Å². The maximum Gasteiger partial charge on any atom is 0.305 e. The Morgan fingerprint density at radius 3 is 2.67 bits per heavy atom. The van der Waals surface area contributed by atoms with E-state index in [1.54, 1.807) is 6.92 Å². The molecule has 1 aliphatic rings. The number of rotatable bonds is 11. The van der Waals surface area contributed by atoms with Gasteiger partial charge in [0.1, 0.15) is 23.7 Å². The molecular formula is C25H33NO6S. The van der Waals surface area contributed by atoms with Gasteiger partial charge in [-0.25, -0.2) is 13.1 Å². The Hall–Kier alpha value is -2.58. The predicted molar refractivity (Wildman–Crippen MR) is 127 cm³/mol. The maximum absolute atomic E-state index is 12.8. The lowest BCUT2D eigenvalue weighted by molar-refractivity contribution is -0.143. The molecule has 3 rings (SSSR count). The van der Waals surface area contributed by atoms with Crippen molar-refractivity contribution in [3.05, 3.63) is 59.7 Å². The molecule has 2 aromatic carbocycles. The van der Waals surface area contributed by atoms with Gasteiger partial charge in [0.25, 0.3) is 0 Å². The molecular weight excluding hydrogens is 442 g/mol. The second-order valence-electron chi connectivity index (χ2n) is 8.82. The first-order valence-electron chi connectivity index (χ1n) is 11.3. The molecule has 1 aliphatic heterocycles. The highest BCUT2D eigenvalue weighted by atomic mass is 32.2. The smallest absolute Gasteiger partial charge is 0.305 e. The summed E-state index contributed by atoms with van der Waals surface area (Å²) in [5.41, 5.74) is 1.40. The number of hydrogen-bond acceptors (Lipinski definition) is 6. The molecule has 0 saturated carbocycles. The first-order valence-corrected chi connectivity index (χ1v) is 13.0. The van der Waals surface area contributed by atoms with Crippen LogP contribution in [-0.4, -0.2) is 38.9 Å². The van der Waals surface area contributed by atoms with E-state index in [0.717, 1.165) is 11.1 Å². The standard InChI is InChI=1S/C25H33NO6S/c1-4-30-24(27)11-8-14-26-33(28,29)18-20-16-25(2,3)32-23-13-12-21(15-22(20)23)31-17-19-9-6-5-7-10-19/h5-7,9-10,12-13,15,20,26H,4,8,11,14,16-18H2,1-3H3. The summed E-state index contributed by atoms with van der Waals surface area (Å²) in [6, 6.07) is 15.4. The molecule has 1 heterocycles. The quantitative estimate of drug-likeness (QED) is 0.387. The van der Waals surface area contributed by atoms with Crippen LogP contribution in [0.2, 0.25) is 0 Å². The van der Waals surface area contributed by atoms with Gasteiger partial charge in [0.15, 0.2) is 0 Å². The van der Waals surface area contributed by atoms with E-state index in [0.29, 0.717) is 37.6 Å². The lowest BCUT2D eigenvalue weighted by Gasteiger charge is -2.37. The third-order valence-electron chi connectivity index (χ3n) is 5.40. The molecule has 0 aliphatic carbocycles. The van der Waals surface area contributed by atoms with Gasteiger partial charge in [-0.15, -0.1) is 0 Å². The average molecular weight is 476 g/mol. The summed E-state index contributed by atoms with van der Waals surface area (Å²) in [6.07, 6.45) is 1.14. The molecule has 0 spiro atoms. The van der Waals surface area contributed by atoms with Gasteiger partial charge in [0.05, 0.1) is 12.4 Å². The predicted octanol–water partition coefficient (Wildman–Crippen LogP) is 4.17. The summed E-state index contributed by atoms with van der Waals surface area (Å²) in [5.74, 6) is 0.729. The molecule has 8 heteroatoms. The van der Waals surface area contributed by atoms with Crippen molar-refractivity contribution in [2.24, 2.45) is 0 Å². The van der Waals surface area contributed by atoms with Gasteiger partial charge >= 0.3 is 5.97 Å². The summed E-state index contributed by atoms with van der Waals surface area (Å²) >= 11 is 0. The van der Waals surface area contributed by atoms with Gasteiger partial charge in [0, 0.05) is 24.4 Å². The average Bonchev–Trinajstić information content (AvgIpc) is 2.75. The third-order valence-corrected chi connectivity index (χ3v) is 6.88. The summed E-state index contributed by atoms with van der Waals surface area (Å²) in [4.78, 5) is 11.4. The molecule has 0 aromatic heterocycles. The molecule has 0 saturated heterocycles. The van der Waals surface area contributed by atoms with Gasteiger partial charge in [-0.1, -0.05) is 30.3 Å². The first-order chi connectivity index (χ1) is 15.7. The second-order valence-corrected chi connectivity index (χ2v) is 10.7. The molecule has 33 heavy (non-hydrogen) atoms. The highest BCUT2D eigenvalue weighted by molar-refractivity contribution is 7.89. The normalized spacial score (nSPS) is 17.0. The van der Waals surface area contributed by atoms with Crippen LogP contribution in [0.25, 0.3) is 0 Å². The molecule has 0 radical (unpaired) electrons. The van der Waals surface area contributed by atoms with Crippen molar-refractivity contribution in [2.45, 2.75) is 58.2 Å². The van der Waals surface area contributed by atoms with E-state index in [2.05, 4.69) is 4.72 Å². The Morgan fingerprint density at radius 2 is 1.94 bits per heavy atom. The first kappa shape index (κ1) is 25.1. The van der Waals surface area contributed by atoms with Crippen molar-refractivity contribution in [1.29, 1.82) is 0 Å². The van der Waals surface area contributed by atoms with Crippen molar-refractivity contribution in [1.82, 2.24) is 4.72 Å². The lowest BCUT2D eigenvalue weighted by Crippen LogP contribution is -2.39. The van der Waals surface area contributed by atoms with Crippen molar-refractivity contribution in [3.63, 3.8) is 0 Å². The van der Waals surface area contributed by atoms with E-state index < -0.39 is 15.6 Å². The second kappa shape index (κ2) is 11.0. The summed E-state index contributed by atoms with van der Waals surface area (Å²) in [7, 11) is -3.55. The van der Waals surface area contributed by atoms with Crippen LogP contribution >= 0.6 is 0 Å². The molecule has 0 fully saturated rings. The van der Waals surface area contributed by atoms with Crippen molar-refractivity contribution in [3.8, 4) is 11.5 Å². The zero-order chi connectivity index (χ0) is 23.9. The number of fused-ring (bicyclic) bond motifs is 1. The van der Waals surface area contributed by atoms with Gasteiger partial charge < -0.3 is 14.2 Å². The van der Waals surface area contributed by atoms with Gasteiger partial charge in [-0.3, -0.25) is 4.79 Å². The van der Waals surface area contributed by atoms with Crippen LogP contribution in [0.3, 0.4) is 0 Å². The molecule has 1 unspecified atom stereocenters. The molecule has 1 atom stereocenters. The summed E-state index contributed by atoms with van der Waals surface area (Å²) < 4.78 is 45.1. The molecule has 180 valence electrons. The number of hydrogen-bond donors (Lipinski definition) is 1. The van der Waals surface area contributed by atoms with E-state index in [-0.39, 0.29) is 30.6 Å². The van der Waals surface area contributed by atoms with Crippen molar-refractivity contribution >= 4 is 16.0 Å². The number of sulfonamides is 1. The van der Waals surface area contributed by atoms with Crippen LogP contribution in [0.4, 0.5) is 0 Å². The Kier molecular flexibility index (Phi) is 8.37. The number of esters is 1. The SMILES string of the molecule is CCOC(=O)CCCNS(=O)(=O)CC1CC(C)(C)Oc2ccc(OCc3ccccc3)cc21. The zero-order valence-corrected chi connectivity index (χ0v) is 20.3. The van der Waals surface area contributed by atoms with Crippen LogP contribution < -0.4 is 14.2 Å². The zero-order valence-electron chi connectivity index (χ0n) is 19.5. The molecule has 0 amide bonds. The molecule has 7 nitrogen and oxygen atoms in total. The summed E-state index contributed by atoms with van der Waals surface area (Å²) in [6.45, 7) is 6.61. The maximum atomic E-state index is 12.8. The Bertz CT molecular complexity index is 1040. The summed E-state index contributed by atoms with van der Waals surface area (Å²) in [5, 5.41) is 0. The number of benzene rings is 2. The van der Waals surface area contributed by atoms with Gasteiger partial charge in [0.2, 0.25) is 10.0 Å². The van der Waals surface area contributed by atoms with Crippen LogP contribution in [0.1, 0.15) is 57.1 Å². The fraction of sp³-hybridized carbons (Fsp3) is 0.480. The highest BCUT2D eigenvalue weighted by Gasteiger charge is 2.36. The van der Waals surface area contributed by atoms with Crippen molar-refractivity contribution in [2.75, 3.05) is 18.9 Å². The van der Waals surface area contributed by atoms with Crippen LogP contribution in [0, 0.1) is 0 Å². The lowest BCUT2D eigenvalue weighted by atomic mass is 9.85.